The molecule has 0 aliphatic rings. The zero-order valence-corrected chi connectivity index (χ0v) is 12.2. The summed E-state index contributed by atoms with van der Waals surface area (Å²) in [5.41, 5.74) is 0.694. The van der Waals surface area contributed by atoms with Crippen molar-refractivity contribution in [2.45, 2.75) is 12.3 Å². The minimum absolute atomic E-state index is 0.145. The Morgan fingerprint density at radius 2 is 2.09 bits per heavy atom. The van der Waals surface area contributed by atoms with Gasteiger partial charge in [-0.05, 0) is 18.2 Å². The molecule has 0 saturated carbocycles. The second-order valence-electron chi connectivity index (χ2n) is 4.56. The molecule has 0 bridgehead atoms. The van der Waals surface area contributed by atoms with E-state index in [1.165, 1.54) is 13.2 Å². The lowest BCUT2D eigenvalue weighted by Gasteiger charge is -2.14. The largest absolute Gasteiger partial charge is 0.497 e. The molecule has 2 aromatic rings. The molecule has 0 aliphatic heterocycles. The molecule has 2 rings (SSSR count). The van der Waals surface area contributed by atoms with Crippen molar-refractivity contribution < 1.29 is 23.8 Å². The molecule has 1 aromatic heterocycles. The lowest BCUT2D eigenvalue weighted by atomic mass is 9.95. The van der Waals surface area contributed by atoms with Crippen molar-refractivity contribution in [3.63, 3.8) is 0 Å². The third-order valence-corrected chi connectivity index (χ3v) is 3.25. The quantitative estimate of drug-likeness (QED) is 0.882. The molecule has 1 N–H and O–H groups in total. The van der Waals surface area contributed by atoms with Crippen LogP contribution in [0.2, 0.25) is 0 Å². The number of carbonyl (C=O) groups is 1. The normalized spacial score (nSPS) is 11.5. The zero-order chi connectivity index (χ0) is 16.1. The molecule has 114 valence electrons. The van der Waals surface area contributed by atoms with Crippen LogP contribution in [0.5, 0.6) is 11.5 Å². The molecule has 1 unspecified atom stereocenters. The van der Waals surface area contributed by atoms with Crippen LogP contribution in [0.25, 0.3) is 0 Å². The van der Waals surface area contributed by atoms with Crippen LogP contribution < -0.4 is 9.47 Å². The summed E-state index contributed by atoms with van der Waals surface area (Å²) in [6.07, 6.45) is 0.256. The highest BCUT2D eigenvalue weighted by molar-refractivity contribution is 5.84. The summed E-state index contributed by atoms with van der Waals surface area (Å²) < 4.78 is 15.6. The first kappa shape index (κ1) is 15.4. The third kappa shape index (κ3) is 3.20. The molecule has 1 atom stereocenters. The van der Waals surface area contributed by atoms with E-state index in [9.17, 15) is 10.1 Å². The van der Waals surface area contributed by atoms with E-state index in [0.717, 1.165) is 0 Å². The topological polar surface area (TPSA) is 92.7 Å². The Labute approximate surface area is 127 Å². The zero-order valence-electron chi connectivity index (χ0n) is 12.2. The Morgan fingerprint density at radius 1 is 1.32 bits per heavy atom. The first-order valence-corrected chi connectivity index (χ1v) is 6.52. The van der Waals surface area contributed by atoms with Crippen LogP contribution in [0, 0.1) is 11.3 Å². The number of ether oxygens (including phenoxy) is 2. The number of hydrogen-bond acceptors (Lipinski definition) is 5. The molecule has 0 spiro atoms. The van der Waals surface area contributed by atoms with Gasteiger partial charge >= 0.3 is 5.97 Å². The number of hydrogen-bond donors (Lipinski definition) is 1. The smallest absolute Gasteiger partial charge is 0.371 e. The maximum absolute atomic E-state index is 10.8. The fraction of sp³-hybridized carbons (Fsp3) is 0.250. The fourth-order valence-corrected chi connectivity index (χ4v) is 2.14. The van der Waals surface area contributed by atoms with Gasteiger partial charge in [-0.15, -0.1) is 0 Å². The fourth-order valence-electron chi connectivity index (χ4n) is 2.14. The second kappa shape index (κ2) is 6.68. The summed E-state index contributed by atoms with van der Waals surface area (Å²) in [4.78, 5) is 10.8. The van der Waals surface area contributed by atoms with E-state index in [0.29, 0.717) is 22.8 Å². The molecular formula is C16H15NO5. The van der Waals surface area contributed by atoms with Gasteiger partial charge in [-0.25, -0.2) is 4.79 Å². The summed E-state index contributed by atoms with van der Waals surface area (Å²) in [6.45, 7) is 0. The Hall–Kier alpha value is -2.94. The Balaban J connectivity index is 2.28. The maximum atomic E-state index is 10.8. The van der Waals surface area contributed by atoms with Gasteiger partial charge in [0.1, 0.15) is 17.3 Å². The monoisotopic (exact) mass is 301 g/mol. The molecule has 0 aliphatic carbocycles. The molecule has 0 fully saturated rings. The Bertz CT molecular complexity index is 714. The van der Waals surface area contributed by atoms with Crippen LogP contribution in [0.1, 0.15) is 27.8 Å². The average Bonchev–Trinajstić information content (AvgIpc) is 3.01. The molecular weight excluding hydrogens is 286 g/mol. The molecule has 1 heterocycles. The summed E-state index contributed by atoms with van der Waals surface area (Å²) in [7, 11) is 3.06. The van der Waals surface area contributed by atoms with E-state index in [1.807, 2.05) is 0 Å². The van der Waals surface area contributed by atoms with Gasteiger partial charge in [0.2, 0.25) is 5.76 Å². The van der Waals surface area contributed by atoms with Crippen LogP contribution >= 0.6 is 0 Å². The summed E-state index contributed by atoms with van der Waals surface area (Å²) >= 11 is 0. The SMILES string of the molecule is COc1ccc(C(C#N)Cc2ccc(C(=O)O)o2)c(OC)c1. The molecule has 0 saturated heterocycles. The third-order valence-electron chi connectivity index (χ3n) is 3.25. The number of nitrogens with zero attached hydrogens (tertiary/aromatic N) is 1. The van der Waals surface area contributed by atoms with E-state index in [2.05, 4.69) is 6.07 Å². The molecule has 22 heavy (non-hydrogen) atoms. The average molecular weight is 301 g/mol. The van der Waals surface area contributed by atoms with Gasteiger partial charge in [0.05, 0.1) is 26.2 Å². The van der Waals surface area contributed by atoms with Crippen molar-refractivity contribution in [2.24, 2.45) is 0 Å². The highest BCUT2D eigenvalue weighted by Crippen LogP contribution is 2.32. The van der Waals surface area contributed by atoms with Gasteiger partial charge in [0.25, 0.3) is 0 Å². The van der Waals surface area contributed by atoms with Crippen LogP contribution in [0.4, 0.5) is 0 Å². The van der Waals surface area contributed by atoms with Crippen molar-refractivity contribution in [2.75, 3.05) is 14.2 Å². The number of aromatic carboxylic acids is 1. The van der Waals surface area contributed by atoms with E-state index < -0.39 is 11.9 Å². The summed E-state index contributed by atoms with van der Waals surface area (Å²) in [5, 5.41) is 18.3. The number of methoxy groups -OCH3 is 2. The number of furan rings is 1. The molecule has 6 nitrogen and oxygen atoms in total. The number of carboxylic acids is 1. The number of rotatable bonds is 6. The first-order valence-electron chi connectivity index (χ1n) is 6.52. The highest BCUT2D eigenvalue weighted by atomic mass is 16.5. The lowest BCUT2D eigenvalue weighted by molar-refractivity contribution is 0.0660. The van der Waals surface area contributed by atoms with Crippen LogP contribution in [0.3, 0.4) is 0 Å². The predicted molar refractivity (Wildman–Crippen MR) is 77.3 cm³/mol. The van der Waals surface area contributed by atoms with Gasteiger partial charge in [-0.3, -0.25) is 0 Å². The van der Waals surface area contributed by atoms with Gasteiger partial charge in [-0.2, -0.15) is 5.26 Å². The first-order chi connectivity index (χ1) is 10.6. The van der Waals surface area contributed by atoms with Crippen LogP contribution in [-0.4, -0.2) is 25.3 Å². The van der Waals surface area contributed by atoms with Crippen molar-refractivity contribution in [1.29, 1.82) is 5.26 Å². The lowest BCUT2D eigenvalue weighted by Crippen LogP contribution is -2.03. The number of benzene rings is 1. The maximum Gasteiger partial charge on any atom is 0.371 e. The van der Waals surface area contributed by atoms with Gasteiger partial charge in [0.15, 0.2) is 0 Å². The minimum atomic E-state index is -1.14. The van der Waals surface area contributed by atoms with Gasteiger partial charge < -0.3 is 19.0 Å². The molecule has 6 heteroatoms. The van der Waals surface area contributed by atoms with E-state index >= 15 is 0 Å². The highest BCUT2D eigenvalue weighted by Gasteiger charge is 2.19. The summed E-state index contributed by atoms with van der Waals surface area (Å²) in [6, 6.07) is 10.3. The standard InChI is InChI=1S/C16H15NO5/c1-20-11-3-5-13(15(8-11)21-2)10(9-17)7-12-4-6-14(22-12)16(18)19/h3-6,8,10H,7H2,1-2H3,(H,18,19). The van der Waals surface area contributed by atoms with Gasteiger partial charge in [0, 0.05) is 18.1 Å². The second-order valence-corrected chi connectivity index (χ2v) is 4.56. The van der Waals surface area contributed by atoms with E-state index in [4.69, 9.17) is 19.0 Å². The van der Waals surface area contributed by atoms with Crippen molar-refractivity contribution in [1.82, 2.24) is 0 Å². The van der Waals surface area contributed by atoms with Crippen molar-refractivity contribution in [3.8, 4) is 17.6 Å². The van der Waals surface area contributed by atoms with Crippen molar-refractivity contribution in [3.05, 3.63) is 47.4 Å². The Kier molecular flexibility index (Phi) is 4.69. The van der Waals surface area contributed by atoms with E-state index in [-0.39, 0.29) is 12.2 Å². The number of nitriles is 1. The van der Waals surface area contributed by atoms with Crippen LogP contribution in [-0.2, 0) is 6.42 Å². The summed E-state index contributed by atoms with van der Waals surface area (Å²) in [5.74, 6) is -0.204. The minimum Gasteiger partial charge on any atom is -0.497 e. The Morgan fingerprint density at radius 3 is 2.64 bits per heavy atom. The van der Waals surface area contributed by atoms with Crippen molar-refractivity contribution >= 4 is 5.97 Å². The molecule has 1 aromatic carbocycles. The predicted octanol–water partition coefficient (Wildman–Crippen LogP) is 2.84. The molecule has 0 radical (unpaired) electrons. The molecule has 0 amide bonds. The van der Waals surface area contributed by atoms with Gasteiger partial charge in [-0.1, -0.05) is 6.07 Å². The van der Waals surface area contributed by atoms with Crippen LogP contribution in [0.15, 0.2) is 34.7 Å². The number of carboxylic acid groups (broad SMARTS) is 1. The van der Waals surface area contributed by atoms with E-state index in [1.54, 1.807) is 31.4 Å².